The molecule has 1 fully saturated rings. The molecule has 1 amide bonds. The molecule has 9 nitrogen and oxygen atoms in total. The maximum atomic E-state index is 15.1. The zero-order valence-electron chi connectivity index (χ0n) is 24.6. The summed E-state index contributed by atoms with van der Waals surface area (Å²) in [5.74, 6) is -6.11. The number of rotatable bonds is 8. The third-order valence-corrected chi connectivity index (χ3v) is 9.14. The maximum absolute atomic E-state index is 15.1. The van der Waals surface area contributed by atoms with E-state index < -0.39 is 52.9 Å². The number of carbonyl (C=O) groups excluding carboxylic acids is 2. The number of Topliss-reactive ketones (excluding diaryl/α,β-unsaturated/α-hetero) is 1. The smallest absolute Gasteiger partial charge is 0.252 e. The van der Waals surface area contributed by atoms with Gasteiger partial charge in [0.25, 0.3) is 5.91 Å². The zero-order valence-corrected chi connectivity index (χ0v) is 24.6. The van der Waals surface area contributed by atoms with Crippen LogP contribution in [-0.2, 0) is 22.6 Å². The number of allylic oxidation sites excluding steroid dienone is 2. The fourth-order valence-corrected chi connectivity index (χ4v) is 7.33. The van der Waals surface area contributed by atoms with Crippen molar-refractivity contribution >= 4 is 17.4 Å². The van der Waals surface area contributed by atoms with Crippen LogP contribution in [0.2, 0.25) is 0 Å². The largest absolute Gasteiger partial charge is 0.854 e. The number of unbranched alkanes of at least 4 members (excludes halogenated alkanes) is 2. The van der Waals surface area contributed by atoms with Crippen molar-refractivity contribution in [1.82, 2.24) is 4.90 Å². The minimum absolute atomic E-state index is 0.0424. The number of nitrogens with two attached hydrogens (primary N) is 2. The highest BCUT2D eigenvalue weighted by atomic mass is 19.1. The summed E-state index contributed by atoms with van der Waals surface area (Å²) in [6, 6.07) is 3.89. The molecule has 4 atom stereocenters. The van der Waals surface area contributed by atoms with Gasteiger partial charge in [-0.15, -0.1) is 6.61 Å². The van der Waals surface area contributed by atoms with Gasteiger partial charge in [-0.05, 0) is 80.1 Å². The monoisotopic (exact) mass is 608 g/mol. The number of amides is 1. The Bertz CT molecular complexity index is 1630. The molecule has 3 aliphatic carbocycles. The molecule has 0 bridgehead atoms. The second-order valence-electron chi connectivity index (χ2n) is 11.9. The minimum Gasteiger partial charge on any atom is -0.854 e. The number of hydrogen-bond donors (Lipinski definition) is 5. The van der Waals surface area contributed by atoms with Gasteiger partial charge in [-0.3, -0.25) is 14.5 Å². The van der Waals surface area contributed by atoms with Gasteiger partial charge in [-0.2, -0.15) is 0 Å². The molecule has 5 rings (SSSR count). The predicted molar refractivity (Wildman–Crippen MR) is 158 cm³/mol. The number of benzene rings is 2. The molecule has 0 radical (unpaired) electrons. The normalized spacial score (nSPS) is 24.1. The van der Waals surface area contributed by atoms with Gasteiger partial charge >= 0.3 is 0 Å². The molecule has 0 aliphatic heterocycles. The van der Waals surface area contributed by atoms with Crippen molar-refractivity contribution in [3.05, 3.63) is 81.1 Å². The molecule has 0 aromatic heterocycles. The van der Waals surface area contributed by atoms with Crippen LogP contribution in [-0.4, -0.2) is 58.7 Å². The van der Waals surface area contributed by atoms with Crippen LogP contribution in [0, 0.1) is 29.4 Å². The first-order valence-electron chi connectivity index (χ1n) is 14.6. The van der Waals surface area contributed by atoms with E-state index >= 15 is 4.39 Å². The van der Waals surface area contributed by atoms with Crippen LogP contribution in [0.15, 0.2) is 52.8 Å². The molecule has 0 spiro atoms. The fourth-order valence-electron chi connectivity index (χ4n) is 7.33. The second kappa shape index (κ2) is 12.1. The predicted octanol–water partition coefficient (Wildman–Crippen LogP) is 3.14. The molecule has 2 aromatic rings. The van der Waals surface area contributed by atoms with E-state index in [0.29, 0.717) is 30.4 Å². The van der Waals surface area contributed by atoms with E-state index in [1.54, 1.807) is 25.1 Å². The maximum Gasteiger partial charge on any atom is 0.252 e. The Hall–Kier alpha value is -4.06. The summed E-state index contributed by atoms with van der Waals surface area (Å²) in [6.45, 7) is -0.438. The molecular formula is C33H36F2N3O6-. The second-order valence-corrected chi connectivity index (χ2v) is 11.9. The van der Waals surface area contributed by atoms with Crippen molar-refractivity contribution in [1.29, 1.82) is 0 Å². The Kier molecular flexibility index (Phi) is 8.66. The molecule has 2 aromatic carbocycles. The zero-order chi connectivity index (χ0) is 32.0. The van der Waals surface area contributed by atoms with Crippen LogP contribution in [0.5, 0.6) is 5.75 Å². The highest BCUT2D eigenvalue weighted by Crippen LogP contribution is 2.54. The number of aliphatic hydroxyl groups excluding tert-OH is 2. The third kappa shape index (κ3) is 5.08. The number of aromatic hydroxyl groups is 1. The van der Waals surface area contributed by atoms with Crippen molar-refractivity contribution in [3.63, 3.8) is 0 Å². The number of likely N-dealkylation sites (N-methyl/N-ethyl adjacent to an activating group) is 1. The number of nitrogens with zero attached hydrogens (tertiary/aromatic N) is 1. The van der Waals surface area contributed by atoms with Crippen molar-refractivity contribution in [2.75, 3.05) is 20.7 Å². The summed E-state index contributed by atoms with van der Waals surface area (Å²) in [5, 5.41) is 45.3. The van der Waals surface area contributed by atoms with Gasteiger partial charge < -0.3 is 31.9 Å². The van der Waals surface area contributed by atoms with Gasteiger partial charge in [0.05, 0.1) is 23.1 Å². The lowest BCUT2D eigenvalue weighted by atomic mass is 9.58. The minimum atomic E-state index is -0.947. The Morgan fingerprint density at radius 2 is 1.86 bits per heavy atom. The number of fused-ring (bicyclic) bond motifs is 3. The summed E-state index contributed by atoms with van der Waals surface area (Å²) in [7, 11) is 3.43. The Labute approximate surface area is 253 Å². The molecule has 0 saturated heterocycles. The van der Waals surface area contributed by atoms with Gasteiger partial charge in [0, 0.05) is 29.3 Å². The lowest BCUT2D eigenvalue weighted by Crippen LogP contribution is -2.52. The lowest BCUT2D eigenvalue weighted by Gasteiger charge is -2.48. The molecule has 7 N–H and O–H groups in total. The fraction of sp³-hybridized carbons (Fsp3) is 0.394. The summed E-state index contributed by atoms with van der Waals surface area (Å²) in [6.07, 6.45) is 3.35. The SMILES string of the molecule is CN(C)[C@@H]1C(O)=C(C(N)=O)/C(=C\CCCC[O-])C2C(=O)C3=C(O)c4c(O)c(CN)cc(-c5ccc(F)cc5F)c4C[C@H]3CC21. The van der Waals surface area contributed by atoms with Gasteiger partial charge in [-0.25, -0.2) is 8.78 Å². The number of phenolic OH excluding ortho intramolecular Hbond substituents is 1. The van der Waals surface area contributed by atoms with E-state index in [9.17, 15) is 34.4 Å². The summed E-state index contributed by atoms with van der Waals surface area (Å²) >= 11 is 0. The van der Waals surface area contributed by atoms with Crippen molar-refractivity contribution in [2.24, 2.45) is 29.2 Å². The van der Waals surface area contributed by atoms with Crippen LogP contribution in [0.1, 0.15) is 42.4 Å². The Morgan fingerprint density at radius 3 is 2.48 bits per heavy atom. The Balaban J connectivity index is 1.73. The van der Waals surface area contributed by atoms with E-state index in [0.717, 1.165) is 12.1 Å². The standard InChI is InChI=1S/C33H36F2N3O6/c1-38(2)28-22-11-15-10-21-20(18-8-7-17(34)13-23(18)35)12-16(14-36)29(40)26(21)31(42)24(15)30(41)25(22)19(6-4-3-5-9-39)27(32(28)43)33(37)44/h6-8,12-13,15,22,25,28,40,42-43H,3-5,9-11,14,36H2,1-2H3,(H2,37,44)/q-1/b19-6-/t15-,22?,25?,28-/m0/s1. The highest BCUT2D eigenvalue weighted by Gasteiger charge is 2.54. The van der Waals surface area contributed by atoms with Gasteiger partial charge in [-0.1, -0.05) is 18.9 Å². The molecule has 0 heterocycles. The highest BCUT2D eigenvalue weighted by molar-refractivity contribution is 6.10. The molecule has 2 unspecified atom stereocenters. The molecule has 1 saturated carbocycles. The van der Waals surface area contributed by atoms with E-state index in [1.165, 1.54) is 12.1 Å². The first kappa shape index (κ1) is 31.4. The van der Waals surface area contributed by atoms with Crippen LogP contribution in [0.25, 0.3) is 16.9 Å². The average molecular weight is 609 g/mol. The number of phenols is 1. The summed E-state index contributed by atoms with van der Waals surface area (Å²) < 4.78 is 28.9. The quantitative estimate of drug-likeness (QED) is 0.284. The molecule has 234 valence electrons. The van der Waals surface area contributed by atoms with Gasteiger partial charge in [0.1, 0.15) is 28.9 Å². The summed E-state index contributed by atoms with van der Waals surface area (Å²) in [4.78, 5) is 28.9. The first-order chi connectivity index (χ1) is 20.9. The van der Waals surface area contributed by atoms with Gasteiger partial charge in [0.15, 0.2) is 5.78 Å². The van der Waals surface area contributed by atoms with Gasteiger partial charge in [0.2, 0.25) is 0 Å². The molecule has 11 heteroatoms. The number of primary amides is 1. The van der Waals surface area contributed by atoms with E-state index in [2.05, 4.69) is 0 Å². The molecule has 44 heavy (non-hydrogen) atoms. The van der Waals surface area contributed by atoms with Crippen LogP contribution >= 0.6 is 0 Å². The Morgan fingerprint density at radius 1 is 1.14 bits per heavy atom. The van der Waals surface area contributed by atoms with Crippen molar-refractivity contribution in [2.45, 2.75) is 44.7 Å². The van der Waals surface area contributed by atoms with E-state index in [4.69, 9.17) is 11.5 Å². The van der Waals surface area contributed by atoms with E-state index in [1.807, 2.05) is 0 Å². The van der Waals surface area contributed by atoms with Crippen LogP contribution in [0.4, 0.5) is 8.78 Å². The number of hydrogen-bond acceptors (Lipinski definition) is 8. The third-order valence-electron chi connectivity index (χ3n) is 9.14. The summed E-state index contributed by atoms with van der Waals surface area (Å²) in [5.41, 5.74) is 12.7. The average Bonchev–Trinajstić information content (AvgIpc) is 2.95. The van der Waals surface area contributed by atoms with Crippen molar-refractivity contribution in [3.8, 4) is 16.9 Å². The number of carbonyl (C=O) groups is 2. The van der Waals surface area contributed by atoms with Crippen LogP contribution < -0.4 is 16.6 Å². The number of halogens is 2. The first-order valence-corrected chi connectivity index (χ1v) is 14.6. The van der Waals surface area contributed by atoms with Crippen LogP contribution in [0.3, 0.4) is 0 Å². The molecule has 3 aliphatic rings. The van der Waals surface area contributed by atoms with E-state index in [-0.39, 0.29) is 70.9 Å². The number of ketones is 1. The van der Waals surface area contributed by atoms with Crippen molar-refractivity contribution < 1.29 is 38.8 Å². The number of aliphatic hydroxyl groups is 2. The molecular weight excluding hydrogens is 572 g/mol. The topological polar surface area (TPSA) is 173 Å². The lowest BCUT2D eigenvalue weighted by molar-refractivity contribution is -0.368.